The maximum absolute atomic E-state index is 13.2. The molecule has 2 N–H and O–H groups in total. The summed E-state index contributed by atoms with van der Waals surface area (Å²) in [5, 5.41) is 0. The van der Waals surface area contributed by atoms with Crippen LogP contribution in [0.5, 0.6) is 0 Å². The Morgan fingerprint density at radius 3 is 2.32 bits per heavy atom. The van der Waals surface area contributed by atoms with Gasteiger partial charge in [-0.3, -0.25) is 9.59 Å². The van der Waals surface area contributed by atoms with Crippen molar-refractivity contribution in [2.24, 2.45) is 11.7 Å². The van der Waals surface area contributed by atoms with Crippen LogP contribution >= 0.6 is 12.4 Å². The molecule has 0 unspecified atom stereocenters. The van der Waals surface area contributed by atoms with E-state index in [1.165, 1.54) is 0 Å². The number of carbonyl (C=O) groups is 2. The van der Waals surface area contributed by atoms with E-state index in [4.69, 9.17) is 5.73 Å². The van der Waals surface area contributed by atoms with Gasteiger partial charge in [0.2, 0.25) is 5.91 Å². The minimum Gasteiger partial charge on any atom is -0.336 e. The zero-order valence-electron chi connectivity index (χ0n) is 16.0. The van der Waals surface area contributed by atoms with Gasteiger partial charge in [-0.1, -0.05) is 42.5 Å². The first-order chi connectivity index (χ1) is 13.1. The molecule has 5 nitrogen and oxygen atoms in total. The molecule has 2 aromatic rings. The van der Waals surface area contributed by atoms with E-state index in [1.807, 2.05) is 41.3 Å². The van der Waals surface area contributed by atoms with Crippen LogP contribution in [-0.4, -0.2) is 42.9 Å². The van der Waals surface area contributed by atoms with Crippen molar-refractivity contribution in [2.75, 3.05) is 25.0 Å². The Balaban J connectivity index is 0.00000225. The van der Waals surface area contributed by atoms with Gasteiger partial charge in [0.1, 0.15) is 0 Å². The normalized spacial score (nSPS) is 21.1. The molecule has 2 amide bonds. The summed E-state index contributed by atoms with van der Waals surface area (Å²) in [7, 11) is 1.76. The first-order valence-electron chi connectivity index (χ1n) is 9.52. The number of carbonyl (C=O) groups excluding carboxylic acids is 2. The van der Waals surface area contributed by atoms with Gasteiger partial charge in [0.15, 0.2) is 0 Å². The Bertz CT molecular complexity index is 854. The summed E-state index contributed by atoms with van der Waals surface area (Å²) in [6.45, 7) is 1.12. The molecule has 2 atom stereocenters. The number of benzene rings is 2. The van der Waals surface area contributed by atoms with E-state index in [-0.39, 0.29) is 42.1 Å². The highest BCUT2D eigenvalue weighted by Gasteiger charge is 2.37. The average molecular weight is 400 g/mol. The van der Waals surface area contributed by atoms with Crippen molar-refractivity contribution in [3.63, 3.8) is 0 Å². The van der Waals surface area contributed by atoms with E-state index < -0.39 is 0 Å². The van der Waals surface area contributed by atoms with Gasteiger partial charge in [-0.05, 0) is 30.5 Å². The fourth-order valence-electron chi connectivity index (χ4n) is 3.89. The van der Waals surface area contributed by atoms with Crippen LogP contribution in [0.4, 0.5) is 5.69 Å². The van der Waals surface area contributed by atoms with Crippen LogP contribution in [0, 0.1) is 5.92 Å². The quantitative estimate of drug-likeness (QED) is 0.859. The summed E-state index contributed by atoms with van der Waals surface area (Å²) in [5.74, 6) is 0.277. The molecule has 28 heavy (non-hydrogen) atoms. The molecule has 1 aliphatic heterocycles. The smallest absolute Gasteiger partial charge is 0.256 e. The molecule has 0 aromatic heterocycles. The van der Waals surface area contributed by atoms with E-state index in [9.17, 15) is 9.59 Å². The van der Waals surface area contributed by atoms with Gasteiger partial charge in [-0.25, -0.2) is 0 Å². The number of nitrogens with zero attached hydrogens (tertiary/aromatic N) is 2. The van der Waals surface area contributed by atoms with Crippen molar-refractivity contribution in [3.8, 4) is 0 Å². The van der Waals surface area contributed by atoms with Gasteiger partial charge in [-0.2, -0.15) is 0 Å². The molecule has 0 spiro atoms. The highest BCUT2D eigenvalue weighted by atomic mass is 35.5. The third-order valence-corrected chi connectivity index (χ3v) is 5.63. The fraction of sp³-hybridized carbons (Fsp3) is 0.364. The van der Waals surface area contributed by atoms with Crippen molar-refractivity contribution in [2.45, 2.75) is 24.8 Å². The second-order valence-corrected chi connectivity index (χ2v) is 7.58. The molecular weight excluding hydrogens is 374 g/mol. The molecule has 148 valence electrons. The summed E-state index contributed by atoms with van der Waals surface area (Å²) in [6.07, 6.45) is 1.89. The van der Waals surface area contributed by atoms with Crippen molar-refractivity contribution in [1.82, 2.24) is 4.90 Å². The Labute approximate surface area is 171 Å². The molecule has 0 bridgehead atoms. The number of anilines is 1. The van der Waals surface area contributed by atoms with Gasteiger partial charge in [-0.15, -0.1) is 12.4 Å². The van der Waals surface area contributed by atoms with E-state index in [1.54, 1.807) is 18.0 Å². The molecule has 1 heterocycles. The maximum atomic E-state index is 13.2. The first kappa shape index (κ1) is 20.4. The topological polar surface area (TPSA) is 66.6 Å². The third kappa shape index (κ3) is 3.91. The van der Waals surface area contributed by atoms with Crippen LogP contribution in [-0.2, 0) is 4.79 Å². The van der Waals surface area contributed by atoms with Crippen LogP contribution in [0.1, 0.15) is 34.7 Å². The molecule has 0 radical (unpaired) electrons. The minimum absolute atomic E-state index is 0. The Morgan fingerprint density at radius 1 is 1.00 bits per heavy atom. The Hall–Kier alpha value is -2.37. The molecule has 1 saturated heterocycles. The minimum atomic E-state index is -0.0886. The third-order valence-electron chi connectivity index (χ3n) is 5.63. The fourth-order valence-corrected chi connectivity index (χ4v) is 3.89. The number of hydrogen-bond donors (Lipinski definition) is 1. The van der Waals surface area contributed by atoms with Crippen molar-refractivity contribution < 1.29 is 9.59 Å². The molecule has 2 aliphatic rings. The summed E-state index contributed by atoms with van der Waals surface area (Å²) < 4.78 is 0. The van der Waals surface area contributed by atoms with Crippen LogP contribution < -0.4 is 10.6 Å². The Morgan fingerprint density at radius 2 is 1.64 bits per heavy atom. The van der Waals surface area contributed by atoms with Gasteiger partial charge in [0.05, 0.1) is 11.3 Å². The van der Waals surface area contributed by atoms with Crippen molar-refractivity contribution in [3.05, 3.63) is 65.7 Å². The summed E-state index contributed by atoms with van der Waals surface area (Å²) in [6, 6.07) is 17.4. The number of hydrogen-bond acceptors (Lipinski definition) is 3. The lowest BCUT2D eigenvalue weighted by atomic mass is 9.95. The molecule has 6 heteroatoms. The number of para-hydroxylation sites is 1. The van der Waals surface area contributed by atoms with Crippen LogP contribution in [0.15, 0.2) is 54.6 Å². The highest BCUT2D eigenvalue weighted by molar-refractivity contribution is 6.05. The number of halogens is 1. The largest absolute Gasteiger partial charge is 0.336 e. The molecule has 2 aromatic carbocycles. The monoisotopic (exact) mass is 399 g/mol. The van der Waals surface area contributed by atoms with Crippen LogP contribution in [0.25, 0.3) is 0 Å². The standard InChI is InChI=1S/C22H25N3O2.ClH/c1-24(21(26)16-11-12-16)20-10-6-5-9-17(20)22(27)25-13-18(19(23)14-25)15-7-3-2-4-8-15;/h2-10,16,18-19H,11-14,23H2,1H3;1H/t18-,19+;/m0./s1. The van der Waals surface area contributed by atoms with Gasteiger partial charge < -0.3 is 15.5 Å². The average Bonchev–Trinajstić information content (AvgIpc) is 3.48. The second kappa shape index (κ2) is 8.33. The van der Waals surface area contributed by atoms with E-state index in [2.05, 4.69) is 12.1 Å². The SMILES string of the molecule is CN(C(=O)C1CC1)c1ccccc1C(=O)N1C[C@@H](N)[C@H](c2ccccc2)C1.Cl. The zero-order valence-corrected chi connectivity index (χ0v) is 16.8. The predicted molar refractivity (Wildman–Crippen MR) is 113 cm³/mol. The molecule has 1 saturated carbocycles. The predicted octanol–water partition coefficient (Wildman–Crippen LogP) is 3.05. The lowest BCUT2D eigenvalue weighted by Gasteiger charge is -2.23. The first-order valence-corrected chi connectivity index (χ1v) is 9.52. The lowest BCUT2D eigenvalue weighted by Crippen LogP contribution is -2.34. The zero-order chi connectivity index (χ0) is 19.0. The van der Waals surface area contributed by atoms with Crippen LogP contribution in [0.2, 0.25) is 0 Å². The lowest BCUT2D eigenvalue weighted by molar-refractivity contribution is -0.119. The van der Waals surface area contributed by atoms with Crippen molar-refractivity contribution in [1.29, 1.82) is 0 Å². The van der Waals surface area contributed by atoms with Crippen LogP contribution in [0.3, 0.4) is 0 Å². The van der Waals surface area contributed by atoms with Gasteiger partial charge >= 0.3 is 0 Å². The maximum Gasteiger partial charge on any atom is 0.256 e. The van der Waals surface area contributed by atoms with E-state index in [0.29, 0.717) is 24.3 Å². The Kier molecular flexibility index (Phi) is 6.06. The van der Waals surface area contributed by atoms with Gasteiger partial charge in [0.25, 0.3) is 5.91 Å². The van der Waals surface area contributed by atoms with E-state index in [0.717, 1.165) is 18.4 Å². The molecule has 1 aliphatic carbocycles. The van der Waals surface area contributed by atoms with E-state index >= 15 is 0 Å². The number of likely N-dealkylation sites (tertiary alicyclic amines) is 1. The number of nitrogens with two attached hydrogens (primary N) is 1. The molecule has 4 rings (SSSR count). The summed E-state index contributed by atoms with van der Waals surface area (Å²) in [5.41, 5.74) is 8.76. The molecule has 2 fully saturated rings. The second-order valence-electron chi connectivity index (χ2n) is 7.58. The summed E-state index contributed by atoms with van der Waals surface area (Å²) in [4.78, 5) is 29.2. The highest BCUT2D eigenvalue weighted by Crippen LogP contribution is 2.34. The number of amides is 2. The molecular formula is C22H26ClN3O2. The van der Waals surface area contributed by atoms with Crippen molar-refractivity contribution >= 4 is 29.9 Å². The number of rotatable bonds is 4. The van der Waals surface area contributed by atoms with Gasteiger partial charge in [0, 0.05) is 38.0 Å². The summed E-state index contributed by atoms with van der Waals surface area (Å²) >= 11 is 0.